The quantitative estimate of drug-likeness (QED) is 0.480. The topological polar surface area (TPSA) is 142 Å². The average Bonchev–Trinajstić information content (AvgIpc) is 3.00. The van der Waals surface area contributed by atoms with Crippen LogP contribution in [0.5, 0.6) is 0 Å². The minimum atomic E-state index is -3.97. The first kappa shape index (κ1) is 22.1. The summed E-state index contributed by atoms with van der Waals surface area (Å²) in [4.78, 5) is 23.8. The number of rotatable bonds is 8. The van der Waals surface area contributed by atoms with E-state index in [0.29, 0.717) is 17.9 Å². The summed E-state index contributed by atoms with van der Waals surface area (Å²) >= 11 is 0. The molecule has 11 heteroatoms. The van der Waals surface area contributed by atoms with E-state index in [1.165, 1.54) is 20.8 Å². The normalized spacial score (nSPS) is 12.1. The second-order valence-electron chi connectivity index (χ2n) is 6.19. The summed E-state index contributed by atoms with van der Waals surface area (Å²) in [6, 6.07) is 4.93. The van der Waals surface area contributed by atoms with E-state index in [0.717, 1.165) is 0 Å². The highest BCUT2D eigenvalue weighted by molar-refractivity contribution is 7.89. The molecule has 0 aliphatic heterocycles. The largest absolute Gasteiger partial charge is 0.360 e. The Hall–Kier alpha value is -3.18. The van der Waals surface area contributed by atoms with E-state index in [4.69, 9.17) is 4.52 Å². The third-order valence-corrected chi connectivity index (χ3v) is 5.56. The zero-order valence-corrected chi connectivity index (χ0v) is 17.1. The van der Waals surface area contributed by atoms with Crippen molar-refractivity contribution in [2.24, 2.45) is 0 Å². The predicted molar refractivity (Wildman–Crippen MR) is 108 cm³/mol. The van der Waals surface area contributed by atoms with Crippen LogP contribution in [0.25, 0.3) is 0 Å². The van der Waals surface area contributed by atoms with Gasteiger partial charge in [0.25, 0.3) is 0 Å². The Morgan fingerprint density at radius 1 is 1.17 bits per heavy atom. The number of carbonyl (C=O) groups is 2. The van der Waals surface area contributed by atoms with Crippen LogP contribution in [-0.2, 0) is 14.8 Å². The molecule has 1 heterocycles. The Labute approximate surface area is 168 Å². The molecule has 0 saturated heterocycles. The number of nitrogens with zero attached hydrogens (tertiary/aromatic N) is 1. The first-order valence-electron chi connectivity index (χ1n) is 8.66. The Morgan fingerprint density at radius 3 is 2.28 bits per heavy atom. The molecule has 0 radical (unpaired) electrons. The van der Waals surface area contributed by atoms with Gasteiger partial charge in [-0.25, -0.2) is 13.2 Å². The molecule has 0 bridgehead atoms. The van der Waals surface area contributed by atoms with Crippen molar-refractivity contribution in [3.8, 4) is 0 Å². The molecule has 3 amide bonds. The zero-order valence-electron chi connectivity index (χ0n) is 16.3. The van der Waals surface area contributed by atoms with Crippen molar-refractivity contribution in [1.82, 2.24) is 15.2 Å². The molecule has 0 unspecified atom stereocenters. The molecule has 0 spiro atoms. The number of urea groups is 1. The van der Waals surface area contributed by atoms with Crippen molar-refractivity contribution in [3.05, 3.63) is 48.4 Å². The minimum Gasteiger partial charge on any atom is -0.360 e. The average molecular weight is 421 g/mol. The maximum Gasteiger partial charge on any atom is 0.319 e. The molecule has 1 aromatic heterocycles. The highest BCUT2D eigenvalue weighted by Crippen LogP contribution is 2.19. The monoisotopic (exact) mass is 421 g/mol. The number of hydrogen-bond acceptors (Lipinski definition) is 6. The summed E-state index contributed by atoms with van der Waals surface area (Å²) in [6.45, 7) is 8.24. The summed E-state index contributed by atoms with van der Waals surface area (Å²) in [5, 5.41) is 11.4. The molecule has 10 nitrogen and oxygen atoms in total. The first-order valence-corrected chi connectivity index (χ1v) is 10.1. The second-order valence-corrected chi connectivity index (χ2v) is 7.84. The molecule has 156 valence electrons. The molecule has 0 aliphatic carbocycles. The van der Waals surface area contributed by atoms with Gasteiger partial charge in [-0.05, 0) is 45.0 Å². The maximum atomic E-state index is 12.5. The number of aryl methyl sites for hydroxylation is 2. The molecule has 0 aliphatic rings. The molecule has 1 atom stereocenters. The molecule has 4 N–H and O–H groups in total. The van der Waals surface area contributed by atoms with Gasteiger partial charge in [0.2, 0.25) is 15.9 Å². The van der Waals surface area contributed by atoms with Gasteiger partial charge in [0, 0.05) is 17.9 Å². The van der Waals surface area contributed by atoms with Crippen LogP contribution in [0.4, 0.5) is 16.2 Å². The van der Waals surface area contributed by atoms with Gasteiger partial charge in [0.1, 0.15) is 10.6 Å². The fraction of sp³-hybridized carbons (Fsp3) is 0.278. The molecule has 29 heavy (non-hydrogen) atoms. The van der Waals surface area contributed by atoms with Gasteiger partial charge in [-0.3, -0.25) is 4.79 Å². The van der Waals surface area contributed by atoms with Crippen molar-refractivity contribution in [2.45, 2.75) is 31.7 Å². The van der Waals surface area contributed by atoms with Crippen molar-refractivity contribution < 1.29 is 22.5 Å². The number of hydrogen-bond donors (Lipinski definition) is 4. The molecule has 1 aromatic carbocycles. The van der Waals surface area contributed by atoms with Crippen LogP contribution in [0.15, 0.2) is 46.3 Å². The van der Waals surface area contributed by atoms with Gasteiger partial charge in [0.05, 0.1) is 6.04 Å². The Bertz CT molecular complexity index is 979. The van der Waals surface area contributed by atoms with E-state index >= 15 is 0 Å². The molecule has 0 fully saturated rings. The van der Waals surface area contributed by atoms with E-state index in [-0.39, 0.29) is 22.4 Å². The molecular weight excluding hydrogens is 398 g/mol. The van der Waals surface area contributed by atoms with Crippen LogP contribution in [0.3, 0.4) is 0 Å². The SMILES string of the molecule is C=CCNC(=O)Nc1ccc(NC(=O)[C@H](C)NS(=O)(=O)c2c(C)noc2C)cc1. The lowest BCUT2D eigenvalue weighted by atomic mass is 10.2. The predicted octanol–water partition coefficient (Wildman–Crippen LogP) is 1.90. The van der Waals surface area contributed by atoms with Crippen LogP contribution >= 0.6 is 0 Å². The smallest absolute Gasteiger partial charge is 0.319 e. The zero-order chi connectivity index (χ0) is 21.6. The molecular formula is C18H23N5O5S. The minimum absolute atomic E-state index is 0.0812. The van der Waals surface area contributed by atoms with Gasteiger partial charge in [-0.2, -0.15) is 4.72 Å². The Kier molecular flexibility index (Phi) is 7.13. The fourth-order valence-electron chi connectivity index (χ4n) is 2.43. The van der Waals surface area contributed by atoms with Crippen molar-refractivity contribution in [3.63, 3.8) is 0 Å². The number of amides is 3. The third kappa shape index (κ3) is 5.90. The number of carbonyl (C=O) groups excluding carboxylic acids is 2. The van der Waals surface area contributed by atoms with Crippen LogP contribution < -0.4 is 20.7 Å². The van der Waals surface area contributed by atoms with E-state index in [1.807, 2.05) is 0 Å². The van der Waals surface area contributed by atoms with E-state index in [2.05, 4.69) is 32.4 Å². The van der Waals surface area contributed by atoms with Crippen LogP contribution in [-0.4, -0.2) is 38.1 Å². The van der Waals surface area contributed by atoms with Crippen molar-refractivity contribution in [1.29, 1.82) is 0 Å². The van der Waals surface area contributed by atoms with Crippen LogP contribution in [0.1, 0.15) is 18.4 Å². The maximum absolute atomic E-state index is 12.5. The Morgan fingerprint density at radius 2 is 1.76 bits per heavy atom. The molecule has 2 rings (SSSR count). The van der Waals surface area contributed by atoms with Gasteiger partial charge in [-0.15, -0.1) is 6.58 Å². The fourth-order valence-corrected chi connectivity index (χ4v) is 3.96. The van der Waals surface area contributed by atoms with Crippen molar-refractivity contribution in [2.75, 3.05) is 17.2 Å². The van der Waals surface area contributed by atoms with E-state index in [9.17, 15) is 18.0 Å². The summed E-state index contributed by atoms with van der Waals surface area (Å²) in [6.07, 6.45) is 1.55. The standard InChI is InChI=1S/C18H23N5O5S/c1-5-10-19-18(25)21-15-8-6-14(7-9-15)20-17(24)12(3)23-29(26,27)16-11(2)22-28-13(16)4/h5-9,12,23H,1,10H2,2-4H3,(H,20,24)(H2,19,21,25)/t12-/m0/s1. The molecule has 0 saturated carbocycles. The lowest BCUT2D eigenvalue weighted by Gasteiger charge is -2.14. The lowest BCUT2D eigenvalue weighted by molar-refractivity contribution is -0.117. The summed E-state index contributed by atoms with van der Waals surface area (Å²) in [7, 11) is -3.97. The van der Waals surface area contributed by atoms with Crippen LogP contribution in [0, 0.1) is 13.8 Å². The van der Waals surface area contributed by atoms with E-state index in [1.54, 1.807) is 30.3 Å². The van der Waals surface area contributed by atoms with Gasteiger partial charge < -0.3 is 20.5 Å². The highest BCUT2D eigenvalue weighted by Gasteiger charge is 2.28. The lowest BCUT2D eigenvalue weighted by Crippen LogP contribution is -2.41. The number of aromatic nitrogens is 1. The molecule has 2 aromatic rings. The van der Waals surface area contributed by atoms with Gasteiger partial charge >= 0.3 is 6.03 Å². The summed E-state index contributed by atoms with van der Waals surface area (Å²) in [5.74, 6) is -0.410. The van der Waals surface area contributed by atoms with Crippen LogP contribution in [0.2, 0.25) is 0 Å². The van der Waals surface area contributed by atoms with Gasteiger partial charge in [-0.1, -0.05) is 11.2 Å². The second kappa shape index (κ2) is 9.34. The number of sulfonamides is 1. The number of nitrogens with one attached hydrogen (secondary N) is 4. The summed E-state index contributed by atoms with van der Waals surface area (Å²) in [5.41, 5.74) is 1.18. The number of anilines is 2. The van der Waals surface area contributed by atoms with E-state index < -0.39 is 22.0 Å². The first-order chi connectivity index (χ1) is 13.6. The summed E-state index contributed by atoms with van der Waals surface area (Å²) < 4.78 is 32.1. The van der Waals surface area contributed by atoms with Gasteiger partial charge in [0.15, 0.2) is 5.76 Å². The highest BCUT2D eigenvalue weighted by atomic mass is 32.2. The number of benzene rings is 1. The third-order valence-electron chi connectivity index (χ3n) is 3.78. The Balaban J connectivity index is 1.97. The van der Waals surface area contributed by atoms with Crippen molar-refractivity contribution >= 4 is 33.3 Å².